The third kappa shape index (κ3) is 3.99. The molecule has 0 radical (unpaired) electrons. The summed E-state index contributed by atoms with van der Waals surface area (Å²) < 4.78 is 40.9. The van der Waals surface area contributed by atoms with E-state index in [-0.39, 0.29) is 13.3 Å². The van der Waals surface area contributed by atoms with Gasteiger partial charge in [-0.3, -0.25) is 9.10 Å². The van der Waals surface area contributed by atoms with Crippen LogP contribution in [0.25, 0.3) is 0 Å². The van der Waals surface area contributed by atoms with Gasteiger partial charge >= 0.3 is 0 Å². The van der Waals surface area contributed by atoms with Gasteiger partial charge in [-0.05, 0) is 24.3 Å². The van der Waals surface area contributed by atoms with Crippen LogP contribution in [0.3, 0.4) is 0 Å². The molecule has 9 heteroatoms. The molecule has 0 aliphatic carbocycles. The van der Waals surface area contributed by atoms with Crippen LogP contribution < -0.4 is 23.8 Å². The molecule has 0 saturated carbocycles. The van der Waals surface area contributed by atoms with Gasteiger partial charge in [-0.2, -0.15) is 0 Å². The monoisotopic (exact) mass is 378 g/mol. The Morgan fingerprint density at radius 2 is 1.96 bits per heavy atom. The van der Waals surface area contributed by atoms with Crippen LogP contribution in [0.1, 0.15) is 0 Å². The number of sulfonamides is 1. The fourth-order valence-electron chi connectivity index (χ4n) is 2.47. The molecule has 2 aromatic carbocycles. The maximum atomic E-state index is 12.4. The van der Waals surface area contributed by atoms with Crippen LogP contribution in [0.5, 0.6) is 17.2 Å². The first kappa shape index (κ1) is 17.9. The van der Waals surface area contributed by atoms with Crippen LogP contribution in [0.2, 0.25) is 0 Å². The third-order valence-corrected chi connectivity index (χ3v) is 4.83. The lowest BCUT2D eigenvalue weighted by atomic mass is 10.2. The summed E-state index contributed by atoms with van der Waals surface area (Å²) in [4.78, 5) is 12.4. The third-order valence-electron chi connectivity index (χ3n) is 3.69. The number of anilines is 2. The summed E-state index contributed by atoms with van der Waals surface area (Å²) in [6, 6.07) is 11.4. The number of methoxy groups -OCH3 is 1. The van der Waals surface area contributed by atoms with Gasteiger partial charge < -0.3 is 19.5 Å². The van der Waals surface area contributed by atoms with E-state index in [1.165, 1.54) is 7.11 Å². The van der Waals surface area contributed by atoms with Crippen molar-refractivity contribution in [2.24, 2.45) is 0 Å². The number of rotatable bonds is 6. The molecule has 0 fully saturated rings. The number of carbonyl (C=O) groups is 1. The van der Waals surface area contributed by atoms with Gasteiger partial charge in [0.1, 0.15) is 12.3 Å². The Morgan fingerprint density at radius 1 is 1.19 bits per heavy atom. The highest BCUT2D eigenvalue weighted by molar-refractivity contribution is 7.92. The van der Waals surface area contributed by atoms with Crippen molar-refractivity contribution in [1.29, 1.82) is 0 Å². The molecule has 138 valence electrons. The van der Waals surface area contributed by atoms with E-state index in [4.69, 9.17) is 14.2 Å². The van der Waals surface area contributed by atoms with E-state index >= 15 is 0 Å². The summed E-state index contributed by atoms with van der Waals surface area (Å²) in [6.07, 6.45) is 1.04. The number of fused-ring (bicyclic) bond motifs is 1. The number of nitrogens with one attached hydrogen (secondary N) is 1. The molecule has 8 nitrogen and oxygen atoms in total. The van der Waals surface area contributed by atoms with Gasteiger partial charge in [0.15, 0.2) is 11.5 Å². The number of hydrogen-bond acceptors (Lipinski definition) is 6. The molecule has 0 saturated heterocycles. The molecule has 0 atom stereocenters. The van der Waals surface area contributed by atoms with Gasteiger partial charge in [0.05, 0.1) is 19.1 Å². The first-order valence-electron chi connectivity index (χ1n) is 7.68. The standard InChI is InChI=1S/C17H18N2O6S/c1-23-14-5-3-4-13(9-14)19(26(2,21)22)10-17(20)18-12-6-7-15-16(8-12)25-11-24-15/h3-9H,10-11H2,1-2H3,(H,18,20). The van der Waals surface area contributed by atoms with Crippen molar-refractivity contribution in [3.05, 3.63) is 42.5 Å². The van der Waals surface area contributed by atoms with Crippen LogP contribution in [0, 0.1) is 0 Å². The molecule has 1 amide bonds. The van der Waals surface area contributed by atoms with Crippen molar-refractivity contribution in [3.8, 4) is 17.2 Å². The largest absolute Gasteiger partial charge is 0.497 e. The summed E-state index contributed by atoms with van der Waals surface area (Å²) in [5, 5.41) is 2.66. The predicted molar refractivity (Wildman–Crippen MR) is 96.4 cm³/mol. The Balaban J connectivity index is 1.77. The summed E-state index contributed by atoms with van der Waals surface area (Å²) >= 11 is 0. The Kier molecular flexibility index (Phi) is 4.90. The average molecular weight is 378 g/mol. The molecule has 0 aromatic heterocycles. The van der Waals surface area contributed by atoms with E-state index < -0.39 is 15.9 Å². The van der Waals surface area contributed by atoms with Gasteiger partial charge in [-0.1, -0.05) is 6.07 Å². The van der Waals surface area contributed by atoms with E-state index in [2.05, 4.69) is 5.32 Å². The van der Waals surface area contributed by atoms with E-state index in [9.17, 15) is 13.2 Å². The molecule has 0 bridgehead atoms. The molecule has 26 heavy (non-hydrogen) atoms. The molecule has 1 N–H and O–H groups in total. The molecule has 0 unspecified atom stereocenters. The highest BCUT2D eigenvalue weighted by Crippen LogP contribution is 2.34. The zero-order chi connectivity index (χ0) is 18.7. The van der Waals surface area contributed by atoms with Crippen LogP contribution in [-0.4, -0.2) is 41.0 Å². The fourth-order valence-corrected chi connectivity index (χ4v) is 3.32. The fraction of sp³-hybridized carbons (Fsp3) is 0.235. The summed E-state index contributed by atoms with van der Waals surface area (Å²) in [5.41, 5.74) is 0.825. The Morgan fingerprint density at radius 3 is 2.69 bits per heavy atom. The van der Waals surface area contributed by atoms with Crippen LogP contribution in [0.15, 0.2) is 42.5 Å². The first-order valence-corrected chi connectivity index (χ1v) is 9.53. The highest BCUT2D eigenvalue weighted by atomic mass is 32.2. The zero-order valence-electron chi connectivity index (χ0n) is 14.3. The van der Waals surface area contributed by atoms with Gasteiger partial charge in [-0.15, -0.1) is 0 Å². The van der Waals surface area contributed by atoms with Crippen molar-refractivity contribution in [2.45, 2.75) is 0 Å². The van der Waals surface area contributed by atoms with E-state index in [1.54, 1.807) is 42.5 Å². The van der Waals surface area contributed by atoms with Crippen LogP contribution in [-0.2, 0) is 14.8 Å². The number of hydrogen-bond donors (Lipinski definition) is 1. The normalized spacial score (nSPS) is 12.5. The van der Waals surface area contributed by atoms with Crippen molar-refractivity contribution >= 4 is 27.3 Å². The molecule has 1 heterocycles. The average Bonchev–Trinajstić information content (AvgIpc) is 3.06. The number of ether oxygens (including phenoxy) is 3. The summed E-state index contributed by atoms with van der Waals surface area (Å²) in [7, 11) is -2.19. The molecule has 2 aromatic rings. The van der Waals surface area contributed by atoms with E-state index in [1.807, 2.05) is 0 Å². The zero-order valence-corrected chi connectivity index (χ0v) is 15.1. The molecular formula is C17H18N2O6S. The minimum absolute atomic E-state index is 0.129. The molecule has 1 aliphatic rings. The lowest BCUT2D eigenvalue weighted by Crippen LogP contribution is -2.37. The summed E-state index contributed by atoms with van der Waals surface area (Å²) in [6.45, 7) is -0.245. The summed E-state index contributed by atoms with van der Waals surface area (Å²) in [5.74, 6) is 1.12. The molecule has 0 spiro atoms. The molecule has 3 rings (SSSR count). The van der Waals surface area contributed by atoms with Crippen molar-refractivity contribution in [1.82, 2.24) is 0 Å². The number of benzene rings is 2. The maximum absolute atomic E-state index is 12.4. The number of nitrogens with zero attached hydrogens (tertiary/aromatic N) is 1. The van der Waals surface area contributed by atoms with Crippen molar-refractivity contribution in [2.75, 3.05) is 36.3 Å². The minimum atomic E-state index is -3.67. The van der Waals surface area contributed by atoms with Gasteiger partial charge in [0, 0.05) is 17.8 Å². The van der Waals surface area contributed by atoms with Gasteiger partial charge in [0.2, 0.25) is 22.7 Å². The second kappa shape index (κ2) is 7.12. The second-order valence-corrected chi connectivity index (χ2v) is 7.49. The number of carbonyl (C=O) groups excluding carboxylic acids is 1. The number of amides is 1. The molecule has 1 aliphatic heterocycles. The minimum Gasteiger partial charge on any atom is -0.497 e. The van der Waals surface area contributed by atoms with Crippen LogP contribution >= 0.6 is 0 Å². The first-order chi connectivity index (χ1) is 12.4. The highest BCUT2D eigenvalue weighted by Gasteiger charge is 2.22. The lowest BCUT2D eigenvalue weighted by molar-refractivity contribution is -0.114. The van der Waals surface area contributed by atoms with Gasteiger partial charge in [-0.25, -0.2) is 8.42 Å². The Hall–Kier alpha value is -2.94. The van der Waals surface area contributed by atoms with Gasteiger partial charge in [0.25, 0.3) is 0 Å². The maximum Gasteiger partial charge on any atom is 0.245 e. The topological polar surface area (TPSA) is 94.2 Å². The SMILES string of the molecule is COc1cccc(N(CC(=O)Nc2ccc3c(c2)OCO3)S(C)(=O)=O)c1. The van der Waals surface area contributed by atoms with Crippen molar-refractivity contribution < 1.29 is 27.4 Å². The van der Waals surface area contributed by atoms with E-state index in [0.717, 1.165) is 10.6 Å². The Labute approximate surface area is 151 Å². The van der Waals surface area contributed by atoms with Crippen molar-refractivity contribution in [3.63, 3.8) is 0 Å². The van der Waals surface area contributed by atoms with E-state index in [0.29, 0.717) is 28.6 Å². The smallest absolute Gasteiger partial charge is 0.245 e. The quantitative estimate of drug-likeness (QED) is 0.824. The van der Waals surface area contributed by atoms with Crippen LogP contribution in [0.4, 0.5) is 11.4 Å². The Bertz CT molecular complexity index is 929. The predicted octanol–water partition coefficient (Wildman–Crippen LogP) is 1.83. The lowest BCUT2D eigenvalue weighted by Gasteiger charge is -2.22. The second-order valence-electron chi connectivity index (χ2n) is 5.59. The molecular weight excluding hydrogens is 360 g/mol.